The van der Waals surface area contributed by atoms with E-state index in [9.17, 15) is 19.2 Å². The molecule has 200 valence electrons. The standard InChI is InChI=1S/C30H28ClN3O5/c1-17(2)19-11-13-22(14-12-19)33-27(35)20-7-5-9-23(15-20)32-26-25(31)28(36)34(29(26)37)24-10-6-8-21(16-24)30(38)39-18(3)4/h5-18,32H,1-4H3,(H,33,35). The van der Waals surface area contributed by atoms with Crippen LogP contribution < -0.4 is 15.5 Å². The highest BCUT2D eigenvalue weighted by Gasteiger charge is 2.39. The lowest BCUT2D eigenvalue weighted by molar-refractivity contribution is -0.120. The van der Waals surface area contributed by atoms with E-state index < -0.39 is 17.8 Å². The Morgan fingerprint density at radius 1 is 0.821 bits per heavy atom. The Balaban J connectivity index is 1.50. The number of benzene rings is 3. The summed E-state index contributed by atoms with van der Waals surface area (Å²) < 4.78 is 5.20. The number of carbonyl (C=O) groups is 4. The second-order valence-electron chi connectivity index (χ2n) is 9.58. The molecule has 1 heterocycles. The van der Waals surface area contributed by atoms with E-state index in [0.717, 1.165) is 10.5 Å². The summed E-state index contributed by atoms with van der Waals surface area (Å²) in [5.41, 5.74) is 2.78. The van der Waals surface area contributed by atoms with Gasteiger partial charge in [-0.25, -0.2) is 9.69 Å². The molecule has 9 heteroatoms. The number of nitrogens with zero attached hydrogens (tertiary/aromatic N) is 1. The number of imide groups is 1. The molecule has 0 aromatic heterocycles. The molecule has 3 aromatic rings. The largest absolute Gasteiger partial charge is 0.459 e. The Labute approximate surface area is 231 Å². The van der Waals surface area contributed by atoms with E-state index in [-0.39, 0.29) is 34.0 Å². The molecule has 0 unspecified atom stereocenters. The van der Waals surface area contributed by atoms with E-state index in [0.29, 0.717) is 22.9 Å². The number of anilines is 3. The summed E-state index contributed by atoms with van der Waals surface area (Å²) in [7, 11) is 0. The first-order valence-corrected chi connectivity index (χ1v) is 12.8. The number of ether oxygens (including phenoxy) is 1. The minimum Gasteiger partial charge on any atom is -0.459 e. The van der Waals surface area contributed by atoms with Crippen LogP contribution in [0.3, 0.4) is 0 Å². The second-order valence-corrected chi connectivity index (χ2v) is 9.95. The van der Waals surface area contributed by atoms with Crippen LogP contribution >= 0.6 is 11.6 Å². The van der Waals surface area contributed by atoms with E-state index in [1.807, 2.05) is 24.3 Å². The number of hydrogen-bond donors (Lipinski definition) is 2. The van der Waals surface area contributed by atoms with Gasteiger partial charge in [0, 0.05) is 16.9 Å². The molecule has 0 bridgehead atoms. The van der Waals surface area contributed by atoms with E-state index in [1.165, 1.54) is 18.2 Å². The van der Waals surface area contributed by atoms with E-state index >= 15 is 0 Å². The van der Waals surface area contributed by atoms with Crippen molar-refractivity contribution in [2.24, 2.45) is 0 Å². The fraction of sp³-hybridized carbons (Fsp3) is 0.200. The summed E-state index contributed by atoms with van der Waals surface area (Å²) in [6.07, 6.45) is -0.327. The van der Waals surface area contributed by atoms with Gasteiger partial charge in [0.05, 0.1) is 17.4 Å². The molecule has 0 radical (unpaired) electrons. The quantitative estimate of drug-likeness (QED) is 0.263. The molecule has 2 N–H and O–H groups in total. The minimum absolute atomic E-state index is 0.140. The van der Waals surface area contributed by atoms with E-state index in [2.05, 4.69) is 24.5 Å². The first-order valence-electron chi connectivity index (χ1n) is 12.4. The lowest BCUT2D eigenvalue weighted by Gasteiger charge is -2.16. The second kappa shape index (κ2) is 11.5. The van der Waals surface area contributed by atoms with E-state index in [1.54, 1.807) is 44.2 Å². The maximum absolute atomic E-state index is 13.2. The van der Waals surface area contributed by atoms with Gasteiger partial charge in [0.25, 0.3) is 17.7 Å². The fourth-order valence-electron chi connectivity index (χ4n) is 3.94. The predicted octanol–water partition coefficient (Wildman–Crippen LogP) is 6.06. The van der Waals surface area contributed by atoms with Gasteiger partial charge in [0.1, 0.15) is 10.7 Å². The van der Waals surface area contributed by atoms with Crippen molar-refractivity contribution >= 4 is 52.4 Å². The molecule has 0 saturated carbocycles. The molecule has 3 aromatic carbocycles. The molecule has 4 rings (SSSR count). The van der Waals surface area contributed by atoms with Crippen LogP contribution in [0.2, 0.25) is 0 Å². The highest BCUT2D eigenvalue weighted by Crippen LogP contribution is 2.31. The Morgan fingerprint density at radius 2 is 1.49 bits per heavy atom. The topological polar surface area (TPSA) is 105 Å². The number of esters is 1. The third kappa shape index (κ3) is 6.18. The van der Waals surface area contributed by atoms with Crippen molar-refractivity contribution in [3.05, 3.63) is 100 Å². The Morgan fingerprint density at radius 3 is 2.15 bits per heavy atom. The number of halogens is 1. The van der Waals surface area contributed by atoms with Gasteiger partial charge in [0.2, 0.25) is 0 Å². The van der Waals surface area contributed by atoms with Crippen molar-refractivity contribution in [2.75, 3.05) is 15.5 Å². The SMILES string of the molecule is CC(C)OC(=O)c1cccc(N2C(=O)C(Cl)=C(Nc3cccc(C(=O)Nc4ccc(C(C)C)cc4)c3)C2=O)c1. The third-order valence-electron chi connectivity index (χ3n) is 5.94. The molecule has 0 aliphatic carbocycles. The first-order chi connectivity index (χ1) is 18.5. The number of amides is 3. The fourth-order valence-corrected chi connectivity index (χ4v) is 4.15. The summed E-state index contributed by atoms with van der Waals surface area (Å²) in [4.78, 5) is 52.2. The summed E-state index contributed by atoms with van der Waals surface area (Å²) in [5, 5.41) is 5.42. The lowest BCUT2D eigenvalue weighted by atomic mass is 10.0. The summed E-state index contributed by atoms with van der Waals surface area (Å²) >= 11 is 6.27. The van der Waals surface area contributed by atoms with Gasteiger partial charge >= 0.3 is 5.97 Å². The smallest absolute Gasteiger partial charge is 0.338 e. The van der Waals surface area contributed by atoms with Gasteiger partial charge in [-0.3, -0.25) is 14.4 Å². The number of rotatable bonds is 8. The number of carbonyl (C=O) groups excluding carboxylic acids is 4. The Bertz CT molecular complexity index is 1480. The van der Waals surface area contributed by atoms with Crippen LogP contribution in [0.25, 0.3) is 0 Å². The summed E-state index contributed by atoms with van der Waals surface area (Å²) in [5.74, 6) is -1.97. The normalized spacial score (nSPS) is 13.4. The molecule has 0 spiro atoms. The van der Waals surface area contributed by atoms with Gasteiger partial charge in [0.15, 0.2) is 0 Å². The first kappa shape index (κ1) is 27.6. The van der Waals surface area contributed by atoms with Crippen LogP contribution in [0.5, 0.6) is 0 Å². The zero-order valence-corrected chi connectivity index (χ0v) is 22.7. The van der Waals surface area contributed by atoms with Crippen molar-refractivity contribution in [1.29, 1.82) is 0 Å². The Kier molecular flexibility index (Phi) is 8.16. The monoisotopic (exact) mass is 545 g/mol. The highest BCUT2D eigenvalue weighted by atomic mass is 35.5. The van der Waals surface area contributed by atoms with Crippen LogP contribution in [0, 0.1) is 0 Å². The molecule has 0 fully saturated rings. The molecule has 1 aliphatic rings. The van der Waals surface area contributed by atoms with Crippen molar-refractivity contribution in [1.82, 2.24) is 0 Å². The average molecular weight is 546 g/mol. The molecular formula is C30H28ClN3O5. The average Bonchev–Trinajstić information content (AvgIpc) is 3.11. The zero-order valence-electron chi connectivity index (χ0n) is 21.9. The predicted molar refractivity (Wildman–Crippen MR) is 151 cm³/mol. The van der Waals surface area contributed by atoms with Gasteiger partial charge in [-0.15, -0.1) is 0 Å². The zero-order chi connectivity index (χ0) is 28.3. The van der Waals surface area contributed by atoms with Crippen molar-refractivity contribution in [2.45, 2.75) is 39.7 Å². The Hall–Kier alpha value is -4.43. The van der Waals surface area contributed by atoms with Crippen LogP contribution in [0.15, 0.2) is 83.5 Å². The summed E-state index contributed by atoms with van der Waals surface area (Å²) in [6.45, 7) is 7.63. The van der Waals surface area contributed by atoms with E-state index in [4.69, 9.17) is 16.3 Å². The molecule has 3 amide bonds. The number of nitrogens with one attached hydrogen (secondary N) is 2. The van der Waals surface area contributed by atoms with Crippen LogP contribution in [0.4, 0.5) is 17.1 Å². The molecule has 1 aliphatic heterocycles. The molecular weight excluding hydrogens is 518 g/mol. The molecule has 39 heavy (non-hydrogen) atoms. The third-order valence-corrected chi connectivity index (χ3v) is 6.29. The highest BCUT2D eigenvalue weighted by molar-refractivity contribution is 6.53. The molecule has 0 atom stereocenters. The number of hydrogen-bond acceptors (Lipinski definition) is 6. The van der Waals surface area contributed by atoms with Crippen molar-refractivity contribution in [3.63, 3.8) is 0 Å². The van der Waals surface area contributed by atoms with Crippen molar-refractivity contribution < 1.29 is 23.9 Å². The molecule has 8 nitrogen and oxygen atoms in total. The minimum atomic E-state index is -0.739. The summed E-state index contributed by atoms with van der Waals surface area (Å²) in [6, 6.07) is 20.1. The van der Waals surface area contributed by atoms with Gasteiger partial charge in [-0.1, -0.05) is 49.7 Å². The maximum atomic E-state index is 13.2. The lowest BCUT2D eigenvalue weighted by Crippen LogP contribution is -2.32. The van der Waals surface area contributed by atoms with Gasteiger partial charge < -0.3 is 15.4 Å². The van der Waals surface area contributed by atoms with Crippen LogP contribution in [-0.2, 0) is 14.3 Å². The molecule has 0 saturated heterocycles. The van der Waals surface area contributed by atoms with Crippen LogP contribution in [0.1, 0.15) is 59.9 Å². The van der Waals surface area contributed by atoms with Gasteiger partial charge in [-0.05, 0) is 73.9 Å². The van der Waals surface area contributed by atoms with Crippen LogP contribution in [-0.4, -0.2) is 29.8 Å². The van der Waals surface area contributed by atoms with Crippen molar-refractivity contribution in [3.8, 4) is 0 Å². The maximum Gasteiger partial charge on any atom is 0.338 e. The van der Waals surface area contributed by atoms with Gasteiger partial charge in [-0.2, -0.15) is 0 Å².